The van der Waals surface area contributed by atoms with Crippen LogP contribution in [0.3, 0.4) is 0 Å². The van der Waals surface area contributed by atoms with Gasteiger partial charge in [-0.15, -0.1) is 0 Å². The van der Waals surface area contributed by atoms with Crippen molar-refractivity contribution in [2.75, 3.05) is 18.1 Å². The molecule has 0 aromatic rings. The van der Waals surface area contributed by atoms with Gasteiger partial charge in [0.15, 0.2) is 0 Å². The third kappa shape index (κ3) is 0.892. The molecule has 1 spiro atoms. The summed E-state index contributed by atoms with van der Waals surface area (Å²) in [6, 6.07) is 0.780. The Balaban J connectivity index is 2.11. The van der Waals surface area contributed by atoms with Gasteiger partial charge in [0.1, 0.15) is 0 Å². The Morgan fingerprint density at radius 1 is 1.50 bits per heavy atom. The van der Waals surface area contributed by atoms with Crippen molar-refractivity contribution in [1.29, 1.82) is 0 Å². The second kappa shape index (κ2) is 2.42. The molecule has 2 fully saturated rings. The Labute approximate surface area is 67.0 Å². The number of nitrogens with one attached hydrogen (secondary N) is 1. The summed E-state index contributed by atoms with van der Waals surface area (Å²) < 4.78 is 0. The normalized spacial score (nSPS) is 47.1. The van der Waals surface area contributed by atoms with Crippen LogP contribution in [0.1, 0.15) is 19.8 Å². The molecule has 0 aliphatic carbocycles. The van der Waals surface area contributed by atoms with Crippen LogP contribution >= 0.6 is 11.8 Å². The monoisotopic (exact) mass is 157 g/mol. The molecule has 0 bridgehead atoms. The van der Waals surface area contributed by atoms with Gasteiger partial charge in [-0.1, -0.05) is 0 Å². The van der Waals surface area contributed by atoms with Crippen LogP contribution in [0.2, 0.25) is 0 Å². The van der Waals surface area contributed by atoms with E-state index in [0.717, 1.165) is 6.04 Å². The van der Waals surface area contributed by atoms with Gasteiger partial charge in [0.2, 0.25) is 0 Å². The van der Waals surface area contributed by atoms with Gasteiger partial charge < -0.3 is 5.32 Å². The second-order valence-corrected chi connectivity index (χ2v) is 4.70. The molecule has 2 heteroatoms. The lowest BCUT2D eigenvalue weighted by atomic mass is 9.81. The molecule has 2 atom stereocenters. The van der Waals surface area contributed by atoms with E-state index in [1.807, 2.05) is 0 Å². The van der Waals surface area contributed by atoms with E-state index < -0.39 is 0 Å². The molecule has 0 aromatic heterocycles. The van der Waals surface area contributed by atoms with Gasteiger partial charge in [-0.3, -0.25) is 0 Å². The molecule has 10 heavy (non-hydrogen) atoms. The van der Waals surface area contributed by atoms with Crippen molar-refractivity contribution in [3.05, 3.63) is 0 Å². The van der Waals surface area contributed by atoms with Crippen molar-refractivity contribution >= 4 is 11.8 Å². The smallest absolute Gasteiger partial charge is 0.0104 e. The van der Waals surface area contributed by atoms with Crippen molar-refractivity contribution < 1.29 is 0 Å². The molecule has 0 aromatic carbocycles. The molecule has 2 heterocycles. The maximum atomic E-state index is 3.54. The fraction of sp³-hybridized carbons (Fsp3) is 1.00. The van der Waals surface area contributed by atoms with Gasteiger partial charge in [-0.25, -0.2) is 0 Å². The molecular weight excluding hydrogens is 142 g/mol. The third-order valence-corrected chi connectivity index (χ3v) is 4.40. The lowest BCUT2D eigenvalue weighted by Crippen LogP contribution is -2.33. The van der Waals surface area contributed by atoms with Crippen LogP contribution in [0.5, 0.6) is 0 Å². The Morgan fingerprint density at radius 2 is 2.40 bits per heavy atom. The quantitative estimate of drug-likeness (QED) is 0.572. The summed E-state index contributed by atoms with van der Waals surface area (Å²) in [4.78, 5) is 0. The summed E-state index contributed by atoms with van der Waals surface area (Å²) in [6.07, 6.45) is 2.87. The van der Waals surface area contributed by atoms with E-state index in [1.165, 1.54) is 30.9 Å². The summed E-state index contributed by atoms with van der Waals surface area (Å²) >= 11 is 2.13. The predicted molar refractivity (Wildman–Crippen MR) is 46.5 cm³/mol. The van der Waals surface area contributed by atoms with Crippen LogP contribution in [0.15, 0.2) is 0 Å². The standard InChI is InChI=1S/C8H15NS/c1-7-8(2-4-9-7)3-5-10-6-8/h7,9H,2-6H2,1H3. The summed E-state index contributed by atoms with van der Waals surface area (Å²) in [5, 5.41) is 3.54. The Hall–Kier alpha value is 0.310. The third-order valence-electron chi connectivity index (χ3n) is 3.13. The van der Waals surface area contributed by atoms with E-state index in [1.54, 1.807) is 0 Å². The first-order chi connectivity index (χ1) is 4.83. The zero-order chi connectivity index (χ0) is 7.03. The fourth-order valence-electron chi connectivity index (χ4n) is 2.13. The zero-order valence-electron chi connectivity index (χ0n) is 6.52. The van der Waals surface area contributed by atoms with Crippen molar-refractivity contribution in [1.82, 2.24) is 5.32 Å². The summed E-state index contributed by atoms with van der Waals surface area (Å²) in [6.45, 7) is 3.60. The molecule has 2 aliphatic rings. The molecule has 1 nitrogen and oxygen atoms in total. The molecule has 0 radical (unpaired) electrons. The van der Waals surface area contributed by atoms with Gasteiger partial charge in [0.25, 0.3) is 0 Å². The second-order valence-electron chi connectivity index (χ2n) is 3.59. The number of hydrogen-bond acceptors (Lipinski definition) is 2. The first kappa shape index (κ1) is 6.99. The Kier molecular flexibility index (Phi) is 1.69. The largest absolute Gasteiger partial charge is 0.314 e. The summed E-state index contributed by atoms with van der Waals surface area (Å²) in [5.41, 5.74) is 0.699. The molecule has 2 aliphatic heterocycles. The summed E-state index contributed by atoms with van der Waals surface area (Å²) in [7, 11) is 0. The highest BCUT2D eigenvalue weighted by atomic mass is 32.2. The van der Waals surface area contributed by atoms with Crippen LogP contribution in [-0.4, -0.2) is 24.1 Å². The van der Waals surface area contributed by atoms with Gasteiger partial charge in [-0.2, -0.15) is 11.8 Å². The van der Waals surface area contributed by atoms with Crippen molar-refractivity contribution in [3.8, 4) is 0 Å². The SMILES string of the molecule is CC1NCCC12CCSC2. The van der Waals surface area contributed by atoms with E-state index in [0.29, 0.717) is 5.41 Å². The molecule has 1 N–H and O–H groups in total. The van der Waals surface area contributed by atoms with Gasteiger partial charge >= 0.3 is 0 Å². The minimum Gasteiger partial charge on any atom is -0.314 e. The topological polar surface area (TPSA) is 12.0 Å². The maximum absolute atomic E-state index is 3.54. The fourth-order valence-corrected chi connectivity index (χ4v) is 3.77. The minimum atomic E-state index is 0.699. The van der Waals surface area contributed by atoms with Crippen LogP contribution in [0.4, 0.5) is 0 Å². The lowest BCUT2D eigenvalue weighted by molar-refractivity contribution is 0.306. The maximum Gasteiger partial charge on any atom is 0.0104 e. The Morgan fingerprint density at radius 3 is 2.90 bits per heavy atom. The Bertz CT molecular complexity index is 124. The molecule has 2 unspecified atom stereocenters. The number of hydrogen-bond donors (Lipinski definition) is 1. The highest BCUT2D eigenvalue weighted by Crippen LogP contribution is 2.44. The van der Waals surface area contributed by atoms with Crippen LogP contribution in [0, 0.1) is 5.41 Å². The molecule has 2 saturated heterocycles. The van der Waals surface area contributed by atoms with Crippen LogP contribution in [0.25, 0.3) is 0 Å². The van der Waals surface area contributed by atoms with Crippen LogP contribution < -0.4 is 5.32 Å². The molecule has 2 rings (SSSR count). The minimum absolute atomic E-state index is 0.699. The molecule has 0 amide bonds. The number of thioether (sulfide) groups is 1. The molecule has 0 saturated carbocycles. The average molecular weight is 157 g/mol. The van der Waals surface area contributed by atoms with Crippen molar-refractivity contribution in [3.63, 3.8) is 0 Å². The number of rotatable bonds is 0. The lowest BCUT2D eigenvalue weighted by Gasteiger charge is -2.26. The van der Waals surface area contributed by atoms with E-state index in [4.69, 9.17) is 0 Å². The van der Waals surface area contributed by atoms with Crippen LogP contribution in [-0.2, 0) is 0 Å². The van der Waals surface area contributed by atoms with E-state index in [-0.39, 0.29) is 0 Å². The van der Waals surface area contributed by atoms with E-state index in [9.17, 15) is 0 Å². The first-order valence-corrected chi connectivity index (χ1v) is 5.30. The first-order valence-electron chi connectivity index (χ1n) is 4.15. The van der Waals surface area contributed by atoms with Crippen molar-refractivity contribution in [2.24, 2.45) is 5.41 Å². The van der Waals surface area contributed by atoms with E-state index >= 15 is 0 Å². The highest BCUT2D eigenvalue weighted by molar-refractivity contribution is 7.99. The van der Waals surface area contributed by atoms with Gasteiger partial charge in [0.05, 0.1) is 0 Å². The van der Waals surface area contributed by atoms with E-state index in [2.05, 4.69) is 24.0 Å². The van der Waals surface area contributed by atoms with Gasteiger partial charge in [0, 0.05) is 11.8 Å². The zero-order valence-corrected chi connectivity index (χ0v) is 7.34. The predicted octanol–water partition coefficient (Wildman–Crippen LogP) is 1.49. The van der Waals surface area contributed by atoms with Crippen molar-refractivity contribution in [2.45, 2.75) is 25.8 Å². The summed E-state index contributed by atoms with van der Waals surface area (Å²) in [5.74, 6) is 2.80. The molecular formula is C8H15NS. The van der Waals surface area contributed by atoms with Gasteiger partial charge in [-0.05, 0) is 37.5 Å². The highest BCUT2D eigenvalue weighted by Gasteiger charge is 2.42. The molecule has 58 valence electrons. The average Bonchev–Trinajstić information content (AvgIpc) is 2.48.